The lowest BCUT2D eigenvalue weighted by Crippen LogP contribution is -2.14. The summed E-state index contributed by atoms with van der Waals surface area (Å²) in [4.78, 5) is 17.1. The number of ether oxygens (including phenoxy) is 1. The Morgan fingerprint density at radius 1 is 1.03 bits per heavy atom. The fourth-order valence-electron chi connectivity index (χ4n) is 3.41. The molecule has 0 saturated heterocycles. The first kappa shape index (κ1) is 22.0. The first-order valence-corrected chi connectivity index (χ1v) is 12.6. The number of anilines is 1. The summed E-state index contributed by atoms with van der Waals surface area (Å²) in [5.41, 5.74) is 1.80. The van der Waals surface area contributed by atoms with Crippen molar-refractivity contribution in [2.24, 2.45) is 0 Å². The molecule has 0 fully saturated rings. The van der Waals surface area contributed by atoms with Crippen LogP contribution in [-0.4, -0.2) is 32.2 Å². The number of carbonyl (C=O) groups excluding carboxylic acids is 1. The van der Waals surface area contributed by atoms with Crippen molar-refractivity contribution < 1.29 is 17.9 Å². The minimum absolute atomic E-state index is 0.0958. The normalized spacial score (nSPS) is 11.4. The van der Waals surface area contributed by atoms with Gasteiger partial charge < -0.3 is 10.1 Å². The highest BCUT2D eigenvalue weighted by molar-refractivity contribution is 7.91. The second kappa shape index (κ2) is 9.50. The summed E-state index contributed by atoms with van der Waals surface area (Å²) in [6.45, 7) is 0. The van der Waals surface area contributed by atoms with Crippen LogP contribution in [-0.2, 0) is 14.6 Å². The number of methoxy groups -OCH3 is 1. The predicted molar refractivity (Wildman–Crippen MR) is 128 cm³/mol. The number of aromatic nitrogens is 1. The third-order valence-electron chi connectivity index (χ3n) is 5.05. The first-order valence-electron chi connectivity index (χ1n) is 10.1. The van der Waals surface area contributed by atoms with Crippen molar-refractivity contribution in [2.75, 3.05) is 18.2 Å². The molecule has 6 nitrogen and oxygen atoms in total. The van der Waals surface area contributed by atoms with Crippen molar-refractivity contribution in [1.29, 1.82) is 0 Å². The van der Waals surface area contributed by atoms with Crippen molar-refractivity contribution in [3.8, 4) is 17.0 Å². The zero-order valence-corrected chi connectivity index (χ0v) is 19.1. The maximum Gasteiger partial charge on any atom is 0.226 e. The van der Waals surface area contributed by atoms with E-state index in [2.05, 4.69) is 10.3 Å². The van der Waals surface area contributed by atoms with Crippen LogP contribution in [0, 0.1) is 0 Å². The van der Waals surface area contributed by atoms with Crippen molar-refractivity contribution in [3.63, 3.8) is 0 Å². The molecule has 0 aliphatic heterocycles. The molecular formula is C24H22N2O4S2. The molecule has 1 aromatic heterocycles. The number of thiazole rings is 1. The standard InChI is InChI=1S/C24H22N2O4S2/c1-30-18-11-13-19(14-12-18)32(28,29)15-5-10-23(27)26-24-25-22(16-31-24)21-9-4-7-17-6-2-3-8-20(17)21/h2-4,6-9,11-14,16H,5,10,15H2,1H3,(H,25,26,27). The molecule has 32 heavy (non-hydrogen) atoms. The van der Waals surface area contributed by atoms with Crippen molar-refractivity contribution in [3.05, 3.63) is 72.1 Å². The number of nitrogens with one attached hydrogen (secondary N) is 1. The Kier molecular flexibility index (Phi) is 6.53. The summed E-state index contributed by atoms with van der Waals surface area (Å²) in [6.07, 6.45) is 0.320. The summed E-state index contributed by atoms with van der Waals surface area (Å²) >= 11 is 1.35. The van der Waals surface area contributed by atoms with Gasteiger partial charge in [-0.3, -0.25) is 4.79 Å². The second-order valence-electron chi connectivity index (χ2n) is 7.21. The number of nitrogens with zero attached hydrogens (tertiary/aromatic N) is 1. The van der Waals surface area contributed by atoms with Gasteiger partial charge in [-0.1, -0.05) is 42.5 Å². The van der Waals surface area contributed by atoms with Gasteiger partial charge in [0.1, 0.15) is 5.75 Å². The molecule has 3 aromatic carbocycles. The Labute approximate surface area is 190 Å². The summed E-state index contributed by atoms with van der Waals surface area (Å²) in [5, 5.41) is 7.41. The minimum Gasteiger partial charge on any atom is -0.497 e. The van der Waals surface area contributed by atoms with Gasteiger partial charge in [0.25, 0.3) is 0 Å². The Bertz CT molecular complexity index is 1340. The van der Waals surface area contributed by atoms with Gasteiger partial charge in [0.2, 0.25) is 5.91 Å². The van der Waals surface area contributed by atoms with Gasteiger partial charge in [0.05, 0.1) is 23.5 Å². The monoisotopic (exact) mass is 466 g/mol. The molecule has 0 saturated carbocycles. The molecule has 8 heteroatoms. The highest BCUT2D eigenvalue weighted by Crippen LogP contribution is 2.31. The third kappa shape index (κ3) is 4.98. The van der Waals surface area contributed by atoms with Gasteiger partial charge in [0, 0.05) is 17.4 Å². The zero-order valence-electron chi connectivity index (χ0n) is 17.4. The topological polar surface area (TPSA) is 85.4 Å². The Hall–Kier alpha value is -3.23. The van der Waals surface area contributed by atoms with E-state index in [9.17, 15) is 13.2 Å². The van der Waals surface area contributed by atoms with Crippen LogP contribution in [0.25, 0.3) is 22.0 Å². The van der Waals surface area contributed by atoms with Crippen molar-refractivity contribution >= 4 is 43.0 Å². The van der Waals surface area contributed by atoms with Gasteiger partial charge >= 0.3 is 0 Å². The van der Waals surface area contributed by atoms with Crippen LogP contribution in [0.2, 0.25) is 0 Å². The lowest BCUT2D eigenvalue weighted by atomic mass is 10.0. The van der Waals surface area contributed by atoms with Gasteiger partial charge in [-0.2, -0.15) is 0 Å². The highest BCUT2D eigenvalue weighted by atomic mass is 32.2. The van der Waals surface area contributed by atoms with E-state index in [0.29, 0.717) is 10.9 Å². The first-order chi connectivity index (χ1) is 15.5. The van der Waals surface area contributed by atoms with Crippen LogP contribution in [0.5, 0.6) is 5.75 Å². The maximum absolute atomic E-state index is 12.5. The summed E-state index contributed by atoms with van der Waals surface area (Å²) in [6, 6.07) is 20.4. The van der Waals surface area contributed by atoms with Gasteiger partial charge in [0.15, 0.2) is 15.0 Å². The zero-order chi connectivity index (χ0) is 22.6. The van der Waals surface area contributed by atoms with E-state index in [-0.39, 0.29) is 29.4 Å². The molecule has 1 heterocycles. The number of rotatable bonds is 8. The average Bonchev–Trinajstić information content (AvgIpc) is 3.26. The number of hydrogen-bond acceptors (Lipinski definition) is 6. The second-order valence-corrected chi connectivity index (χ2v) is 10.2. The van der Waals surface area contributed by atoms with Crippen LogP contribution in [0.1, 0.15) is 12.8 Å². The number of hydrogen-bond donors (Lipinski definition) is 1. The van der Waals surface area contributed by atoms with E-state index < -0.39 is 9.84 Å². The molecule has 1 amide bonds. The fourth-order valence-corrected chi connectivity index (χ4v) is 5.45. The predicted octanol–water partition coefficient (Wildman–Crippen LogP) is 5.16. The lowest BCUT2D eigenvalue weighted by molar-refractivity contribution is -0.116. The molecule has 0 aliphatic rings. The minimum atomic E-state index is -3.46. The lowest BCUT2D eigenvalue weighted by Gasteiger charge is -2.06. The number of benzene rings is 3. The molecule has 0 radical (unpaired) electrons. The largest absolute Gasteiger partial charge is 0.497 e. The van der Waals surface area contributed by atoms with Crippen molar-refractivity contribution in [2.45, 2.75) is 17.7 Å². The highest BCUT2D eigenvalue weighted by Gasteiger charge is 2.16. The number of fused-ring (bicyclic) bond motifs is 1. The summed E-state index contributed by atoms with van der Waals surface area (Å²) in [7, 11) is -1.93. The summed E-state index contributed by atoms with van der Waals surface area (Å²) in [5.74, 6) is 0.231. The maximum atomic E-state index is 12.5. The van der Waals surface area contributed by atoms with E-state index in [1.54, 1.807) is 12.1 Å². The van der Waals surface area contributed by atoms with Gasteiger partial charge in [-0.25, -0.2) is 13.4 Å². The van der Waals surface area contributed by atoms with Crippen LogP contribution < -0.4 is 10.1 Å². The van der Waals surface area contributed by atoms with Crippen LogP contribution >= 0.6 is 11.3 Å². The third-order valence-corrected chi connectivity index (χ3v) is 7.63. The smallest absolute Gasteiger partial charge is 0.226 e. The fraction of sp³-hybridized carbons (Fsp3) is 0.167. The molecule has 164 valence electrons. The van der Waals surface area contributed by atoms with E-state index >= 15 is 0 Å². The molecule has 0 spiro atoms. The molecule has 4 aromatic rings. The van der Waals surface area contributed by atoms with Crippen LogP contribution in [0.3, 0.4) is 0 Å². The number of carbonyl (C=O) groups is 1. The number of amides is 1. The van der Waals surface area contributed by atoms with Crippen LogP contribution in [0.4, 0.5) is 5.13 Å². The van der Waals surface area contributed by atoms with E-state index in [1.165, 1.54) is 30.6 Å². The van der Waals surface area contributed by atoms with Gasteiger partial charge in [-0.15, -0.1) is 11.3 Å². The molecule has 0 unspecified atom stereocenters. The van der Waals surface area contributed by atoms with Gasteiger partial charge in [-0.05, 0) is 41.5 Å². The SMILES string of the molecule is COc1ccc(S(=O)(=O)CCCC(=O)Nc2nc(-c3cccc4ccccc34)cs2)cc1. The molecule has 0 atom stereocenters. The Morgan fingerprint density at radius 2 is 1.78 bits per heavy atom. The molecular weight excluding hydrogens is 444 g/mol. The molecule has 0 aliphatic carbocycles. The molecule has 4 rings (SSSR count). The van der Waals surface area contributed by atoms with E-state index in [0.717, 1.165) is 22.0 Å². The number of sulfone groups is 1. The van der Waals surface area contributed by atoms with E-state index in [1.807, 2.05) is 47.8 Å². The van der Waals surface area contributed by atoms with Crippen LogP contribution in [0.15, 0.2) is 77.0 Å². The average molecular weight is 467 g/mol. The van der Waals surface area contributed by atoms with Crippen molar-refractivity contribution in [1.82, 2.24) is 4.98 Å². The Morgan fingerprint density at radius 3 is 2.56 bits per heavy atom. The Balaban J connectivity index is 1.35. The quantitative estimate of drug-likeness (QED) is 0.387. The molecule has 0 bridgehead atoms. The molecule has 1 N–H and O–H groups in total. The summed E-state index contributed by atoms with van der Waals surface area (Å²) < 4.78 is 30.0. The van der Waals surface area contributed by atoms with E-state index in [4.69, 9.17) is 4.74 Å².